The van der Waals surface area contributed by atoms with Crippen molar-refractivity contribution in [3.8, 4) is 0 Å². The quantitative estimate of drug-likeness (QED) is 0.497. The van der Waals surface area contributed by atoms with Crippen molar-refractivity contribution in [1.29, 1.82) is 0 Å². The van der Waals surface area contributed by atoms with E-state index in [4.69, 9.17) is 10.2 Å². The van der Waals surface area contributed by atoms with Gasteiger partial charge in [0.2, 0.25) is 0 Å². The summed E-state index contributed by atoms with van der Waals surface area (Å²) in [7, 11) is 1.47. The van der Waals surface area contributed by atoms with Crippen LogP contribution in [0, 0.1) is 0 Å². The van der Waals surface area contributed by atoms with Crippen molar-refractivity contribution in [2.45, 2.75) is 0 Å². The predicted octanol–water partition coefficient (Wildman–Crippen LogP) is -1.30. The number of nitrogens with zero attached hydrogens (tertiary/aromatic N) is 1. The average Bonchev–Trinajstić information content (AvgIpc) is 2.00. The third kappa shape index (κ3) is 4.51. The number of amides is 2. The fourth-order valence-electron chi connectivity index (χ4n) is 0.538. The van der Waals surface area contributed by atoms with Gasteiger partial charge >= 0.3 is 12.0 Å². The van der Waals surface area contributed by atoms with Crippen molar-refractivity contribution in [1.82, 2.24) is 10.2 Å². The van der Waals surface area contributed by atoms with Crippen molar-refractivity contribution >= 4 is 12.0 Å². The summed E-state index contributed by atoms with van der Waals surface area (Å²) in [6.07, 6.45) is 0. The largest absolute Gasteiger partial charge is 0.480 e. The number of carboxylic acids is 1. The fourth-order valence-corrected chi connectivity index (χ4v) is 0.538. The van der Waals surface area contributed by atoms with Crippen LogP contribution < -0.4 is 5.32 Å². The van der Waals surface area contributed by atoms with Gasteiger partial charge in [-0.15, -0.1) is 0 Å². The summed E-state index contributed by atoms with van der Waals surface area (Å²) >= 11 is 0. The van der Waals surface area contributed by atoms with Crippen LogP contribution in [0.2, 0.25) is 0 Å². The molecule has 0 aromatic rings. The number of carbonyl (C=O) groups excluding carboxylic acids is 1. The number of hydrogen-bond acceptors (Lipinski definition) is 3. The molecule has 0 atom stereocenters. The van der Waals surface area contributed by atoms with Crippen LogP contribution in [0.4, 0.5) is 4.79 Å². The minimum Gasteiger partial charge on any atom is -0.480 e. The van der Waals surface area contributed by atoms with Gasteiger partial charge in [0, 0.05) is 13.6 Å². The number of carboxylic acid groups (broad SMARTS) is 1. The van der Waals surface area contributed by atoms with Gasteiger partial charge in [0.1, 0.15) is 6.54 Å². The summed E-state index contributed by atoms with van der Waals surface area (Å²) < 4.78 is 0. The van der Waals surface area contributed by atoms with Crippen molar-refractivity contribution in [2.24, 2.45) is 0 Å². The van der Waals surface area contributed by atoms with E-state index < -0.39 is 18.5 Å². The van der Waals surface area contributed by atoms with Crippen LogP contribution in [0.25, 0.3) is 0 Å². The summed E-state index contributed by atoms with van der Waals surface area (Å²) in [4.78, 5) is 22.1. The summed E-state index contributed by atoms with van der Waals surface area (Å²) in [6, 6.07) is -0.508. The molecular formula is C6H12N2O4. The molecule has 70 valence electrons. The van der Waals surface area contributed by atoms with Crippen LogP contribution in [-0.4, -0.2) is 53.9 Å². The van der Waals surface area contributed by atoms with Gasteiger partial charge in [-0.1, -0.05) is 0 Å². The van der Waals surface area contributed by atoms with Crippen LogP contribution in [0.3, 0.4) is 0 Å². The van der Waals surface area contributed by atoms with Gasteiger partial charge in [0.25, 0.3) is 0 Å². The Kier molecular flexibility index (Phi) is 4.78. The molecule has 0 saturated carbocycles. The van der Waals surface area contributed by atoms with E-state index in [1.54, 1.807) is 0 Å². The Hall–Kier alpha value is -1.30. The monoisotopic (exact) mass is 176 g/mol. The third-order valence-corrected chi connectivity index (χ3v) is 1.17. The van der Waals surface area contributed by atoms with Gasteiger partial charge in [0.15, 0.2) is 0 Å². The normalized spacial score (nSPS) is 9.17. The minimum absolute atomic E-state index is 0.142. The van der Waals surface area contributed by atoms with Crippen molar-refractivity contribution < 1.29 is 19.8 Å². The van der Waals surface area contributed by atoms with E-state index in [0.717, 1.165) is 0 Å². The highest BCUT2D eigenvalue weighted by atomic mass is 16.4. The molecule has 2 amide bonds. The molecule has 0 saturated heterocycles. The molecule has 3 N–H and O–H groups in total. The number of likely N-dealkylation sites (N-methyl/N-ethyl adjacent to an activating group) is 1. The smallest absolute Gasteiger partial charge is 0.323 e. The summed E-state index contributed by atoms with van der Waals surface area (Å²) in [6.45, 7) is -0.364. The van der Waals surface area contributed by atoms with Gasteiger partial charge in [-0.25, -0.2) is 4.79 Å². The average molecular weight is 176 g/mol. The van der Waals surface area contributed by atoms with Crippen LogP contribution in [-0.2, 0) is 4.79 Å². The number of aliphatic hydroxyl groups excluding tert-OH is 1. The number of aliphatic carboxylic acids is 1. The number of rotatable bonds is 4. The van der Waals surface area contributed by atoms with Crippen molar-refractivity contribution in [3.63, 3.8) is 0 Å². The zero-order chi connectivity index (χ0) is 9.56. The highest BCUT2D eigenvalue weighted by Gasteiger charge is 2.07. The van der Waals surface area contributed by atoms with Crippen LogP contribution in [0.15, 0.2) is 0 Å². The lowest BCUT2D eigenvalue weighted by atomic mass is 10.6. The number of hydrogen-bond donors (Lipinski definition) is 3. The number of aliphatic hydroxyl groups is 1. The van der Waals surface area contributed by atoms with Gasteiger partial charge in [-0.05, 0) is 0 Å². The number of urea groups is 1. The molecular weight excluding hydrogens is 164 g/mol. The minimum atomic E-state index is -1.10. The Morgan fingerprint density at radius 3 is 2.50 bits per heavy atom. The van der Waals surface area contributed by atoms with E-state index in [-0.39, 0.29) is 13.2 Å². The van der Waals surface area contributed by atoms with E-state index in [1.807, 2.05) is 0 Å². The molecule has 0 aliphatic rings. The molecule has 0 rings (SSSR count). The molecule has 0 aromatic carbocycles. The Balaban J connectivity index is 3.64. The number of carbonyl (C=O) groups is 2. The lowest BCUT2D eigenvalue weighted by Gasteiger charge is -2.15. The van der Waals surface area contributed by atoms with E-state index in [1.165, 1.54) is 11.9 Å². The first-order valence-corrected chi connectivity index (χ1v) is 3.39. The molecule has 0 bridgehead atoms. The Bertz CT molecular complexity index is 171. The molecule has 0 radical (unpaired) electrons. The van der Waals surface area contributed by atoms with Crippen LogP contribution >= 0.6 is 0 Å². The molecule has 0 unspecified atom stereocenters. The van der Waals surface area contributed by atoms with Gasteiger partial charge < -0.3 is 20.4 Å². The van der Waals surface area contributed by atoms with Gasteiger partial charge in [0.05, 0.1) is 6.61 Å². The molecule has 0 heterocycles. The topological polar surface area (TPSA) is 89.9 Å². The zero-order valence-electron chi connectivity index (χ0n) is 6.78. The van der Waals surface area contributed by atoms with E-state index in [9.17, 15) is 9.59 Å². The maximum Gasteiger partial charge on any atom is 0.323 e. The Labute approximate surface area is 69.8 Å². The summed E-state index contributed by atoms with van der Waals surface area (Å²) in [5.41, 5.74) is 0. The fraction of sp³-hybridized carbons (Fsp3) is 0.667. The first-order chi connectivity index (χ1) is 5.57. The van der Waals surface area contributed by atoms with E-state index >= 15 is 0 Å². The van der Waals surface area contributed by atoms with E-state index in [0.29, 0.717) is 0 Å². The molecule has 0 aromatic heterocycles. The lowest BCUT2D eigenvalue weighted by Crippen LogP contribution is -2.40. The highest BCUT2D eigenvalue weighted by Crippen LogP contribution is 1.81. The van der Waals surface area contributed by atoms with Crippen molar-refractivity contribution in [2.75, 3.05) is 26.7 Å². The second-order valence-corrected chi connectivity index (χ2v) is 2.20. The predicted molar refractivity (Wildman–Crippen MR) is 40.8 cm³/mol. The number of nitrogens with one attached hydrogen (secondary N) is 1. The zero-order valence-corrected chi connectivity index (χ0v) is 6.78. The molecule has 12 heavy (non-hydrogen) atoms. The van der Waals surface area contributed by atoms with Gasteiger partial charge in [-0.3, -0.25) is 4.79 Å². The SMILES string of the molecule is CN(CCO)C(=O)NCC(=O)O. The highest BCUT2D eigenvalue weighted by molar-refractivity contribution is 5.79. The molecule has 6 heteroatoms. The maximum absolute atomic E-state index is 10.9. The van der Waals surface area contributed by atoms with Gasteiger partial charge in [-0.2, -0.15) is 0 Å². The maximum atomic E-state index is 10.9. The second-order valence-electron chi connectivity index (χ2n) is 2.20. The standard InChI is InChI=1S/C6H12N2O4/c1-8(2-3-9)6(12)7-4-5(10)11/h9H,2-4H2,1H3,(H,7,12)(H,10,11). The van der Waals surface area contributed by atoms with E-state index in [2.05, 4.69) is 5.32 Å². The molecule has 0 aliphatic heterocycles. The summed E-state index contributed by atoms with van der Waals surface area (Å²) in [5, 5.41) is 18.8. The van der Waals surface area contributed by atoms with Crippen LogP contribution in [0.1, 0.15) is 0 Å². The van der Waals surface area contributed by atoms with Crippen molar-refractivity contribution in [3.05, 3.63) is 0 Å². The Morgan fingerprint density at radius 1 is 1.50 bits per heavy atom. The van der Waals surface area contributed by atoms with Crippen LogP contribution in [0.5, 0.6) is 0 Å². The summed E-state index contributed by atoms with van der Waals surface area (Å²) in [5.74, 6) is -1.10. The molecule has 0 spiro atoms. The third-order valence-electron chi connectivity index (χ3n) is 1.17. The first kappa shape index (κ1) is 10.7. The second kappa shape index (κ2) is 5.36. The first-order valence-electron chi connectivity index (χ1n) is 3.39. The molecule has 0 fully saturated rings. The molecule has 6 nitrogen and oxygen atoms in total. The molecule has 0 aliphatic carbocycles. The Morgan fingerprint density at radius 2 is 2.08 bits per heavy atom. The lowest BCUT2D eigenvalue weighted by molar-refractivity contribution is -0.135.